The number of hydrogen-bond acceptors (Lipinski definition) is 6. The highest BCUT2D eigenvalue weighted by molar-refractivity contribution is 7.14. The first-order chi connectivity index (χ1) is 10.3. The van der Waals surface area contributed by atoms with E-state index in [0.717, 1.165) is 19.4 Å². The molecule has 110 valence electrons. The molecule has 0 spiro atoms. The van der Waals surface area contributed by atoms with Gasteiger partial charge in [-0.15, -0.1) is 11.3 Å². The molecule has 0 bridgehead atoms. The summed E-state index contributed by atoms with van der Waals surface area (Å²) in [5, 5.41) is 8.30. The van der Waals surface area contributed by atoms with E-state index >= 15 is 0 Å². The van der Waals surface area contributed by atoms with Crippen molar-refractivity contribution in [3.05, 3.63) is 35.5 Å². The fourth-order valence-corrected chi connectivity index (χ4v) is 2.78. The lowest BCUT2D eigenvalue weighted by molar-refractivity contribution is 0.0854. The van der Waals surface area contributed by atoms with Gasteiger partial charge in [-0.1, -0.05) is 6.07 Å². The minimum Gasteiger partial charge on any atom is -0.376 e. The van der Waals surface area contributed by atoms with Gasteiger partial charge in [-0.2, -0.15) is 0 Å². The van der Waals surface area contributed by atoms with Gasteiger partial charge in [0, 0.05) is 24.7 Å². The second kappa shape index (κ2) is 6.64. The Kier molecular flexibility index (Phi) is 4.42. The third-order valence-electron chi connectivity index (χ3n) is 3.15. The van der Waals surface area contributed by atoms with Crippen LogP contribution in [-0.4, -0.2) is 35.1 Å². The SMILES string of the molecule is O=C(NCC1CCCO1)c1csc(Nc2ccccn2)n1. The highest BCUT2D eigenvalue weighted by Gasteiger charge is 2.17. The van der Waals surface area contributed by atoms with Gasteiger partial charge in [-0.25, -0.2) is 9.97 Å². The predicted molar refractivity (Wildman–Crippen MR) is 80.9 cm³/mol. The Morgan fingerprint density at radius 3 is 3.19 bits per heavy atom. The van der Waals surface area contributed by atoms with Crippen molar-refractivity contribution < 1.29 is 9.53 Å². The molecule has 1 atom stereocenters. The van der Waals surface area contributed by atoms with Gasteiger partial charge in [0.2, 0.25) is 0 Å². The molecule has 1 fully saturated rings. The number of pyridine rings is 1. The first-order valence-electron chi connectivity index (χ1n) is 6.84. The molecule has 1 saturated heterocycles. The van der Waals surface area contributed by atoms with E-state index in [4.69, 9.17) is 4.74 Å². The Morgan fingerprint density at radius 2 is 2.43 bits per heavy atom. The smallest absolute Gasteiger partial charge is 0.270 e. The van der Waals surface area contributed by atoms with E-state index in [0.29, 0.717) is 23.2 Å². The van der Waals surface area contributed by atoms with Crippen molar-refractivity contribution >= 4 is 28.2 Å². The van der Waals surface area contributed by atoms with Crippen LogP contribution in [0.15, 0.2) is 29.8 Å². The number of hydrogen-bond donors (Lipinski definition) is 2. The zero-order valence-electron chi connectivity index (χ0n) is 11.4. The number of rotatable bonds is 5. The predicted octanol–water partition coefficient (Wildman–Crippen LogP) is 2.19. The van der Waals surface area contributed by atoms with Crippen LogP contribution in [0, 0.1) is 0 Å². The molecule has 1 unspecified atom stereocenters. The maximum absolute atomic E-state index is 12.0. The Morgan fingerprint density at radius 1 is 1.48 bits per heavy atom. The first kappa shape index (κ1) is 14.0. The summed E-state index contributed by atoms with van der Waals surface area (Å²) in [7, 11) is 0. The summed E-state index contributed by atoms with van der Waals surface area (Å²) in [6, 6.07) is 5.58. The Bertz CT molecular complexity index is 596. The van der Waals surface area contributed by atoms with E-state index in [2.05, 4.69) is 20.6 Å². The maximum atomic E-state index is 12.0. The lowest BCUT2D eigenvalue weighted by atomic mass is 10.2. The molecule has 3 rings (SSSR count). The van der Waals surface area contributed by atoms with Crippen LogP contribution in [0.2, 0.25) is 0 Å². The summed E-state index contributed by atoms with van der Waals surface area (Å²) in [5.41, 5.74) is 0.413. The molecule has 0 aromatic carbocycles. The average Bonchev–Trinajstić information content (AvgIpc) is 3.17. The Labute approximate surface area is 126 Å². The van der Waals surface area contributed by atoms with Crippen LogP contribution in [0.5, 0.6) is 0 Å². The molecule has 0 saturated carbocycles. The lowest BCUT2D eigenvalue weighted by Crippen LogP contribution is -2.31. The van der Waals surface area contributed by atoms with Gasteiger partial charge in [0.25, 0.3) is 5.91 Å². The average molecular weight is 304 g/mol. The number of aromatic nitrogens is 2. The largest absolute Gasteiger partial charge is 0.376 e. The molecule has 2 aromatic heterocycles. The van der Waals surface area contributed by atoms with Crippen LogP contribution in [0.25, 0.3) is 0 Å². The van der Waals surface area contributed by atoms with Gasteiger partial charge in [0.15, 0.2) is 5.13 Å². The van der Waals surface area contributed by atoms with Crippen LogP contribution < -0.4 is 10.6 Å². The van der Waals surface area contributed by atoms with Crippen molar-refractivity contribution in [2.45, 2.75) is 18.9 Å². The van der Waals surface area contributed by atoms with Crippen molar-refractivity contribution in [1.29, 1.82) is 0 Å². The van der Waals surface area contributed by atoms with Crippen molar-refractivity contribution in [2.75, 3.05) is 18.5 Å². The normalized spacial score (nSPS) is 17.6. The molecule has 21 heavy (non-hydrogen) atoms. The van der Waals surface area contributed by atoms with Crippen molar-refractivity contribution in [2.24, 2.45) is 0 Å². The van der Waals surface area contributed by atoms with Gasteiger partial charge in [0.1, 0.15) is 11.5 Å². The van der Waals surface area contributed by atoms with Crippen LogP contribution in [0.3, 0.4) is 0 Å². The van der Waals surface area contributed by atoms with Gasteiger partial charge in [0.05, 0.1) is 6.10 Å². The van der Waals surface area contributed by atoms with E-state index < -0.39 is 0 Å². The third-order valence-corrected chi connectivity index (χ3v) is 3.91. The summed E-state index contributed by atoms with van der Waals surface area (Å²) in [4.78, 5) is 20.4. The van der Waals surface area contributed by atoms with Gasteiger partial charge in [-0.3, -0.25) is 4.79 Å². The van der Waals surface area contributed by atoms with Crippen molar-refractivity contribution in [3.8, 4) is 0 Å². The fraction of sp³-hybridized carbons (Fsp3) is 0.357. The lowest BCUT2D eigenvalue weighted by Gasteiger charge is -2.09. The number of ether oxygens (including phenoxy) is 1. The van der Waals surface area contributed by atoms with Crippen LogP contribution in [-0.2, 0) is 4.74 Å². The number of carbonyl (C=O) groups excluding carboxylic acids is 1. The molecule has 7 heteroatoms. The number of nitrogens with one attached hydrogen (secondary N) is 2. The maximum Gasteiger partial charge on any atom is 0.270 e. The van der Waals surface area contributed by atoms with E-state index in [1.807, 2.05) is 18.2 Å². The van der Waals surface area contributed by atoms with E-state index in [-0.39, 0.29) is 12.0 Å². The Hall–Kier alpha value is -1.99. The molecule has 2 N–H and O–H groups in total. The highest BCUT2D eigenvalue weighted by Crippen LogP contribution is 2.19. The van der Waals surface area contributed by atoms with Crippen molar-refractivity contribution in [1.82, 2.24) is 15.3 Å². The van der Waals surface area contributed by atoms with Gasteiger partial charge < -0.3 is 15.4 Å². The number of nitrogens with zero attached hydrogens (tertiary/aromatic N) is 2. The topological polar surface area (TPSA) is 76.1 Å². The molecule has 3 heterocycles. The Balaban J connectivity index is 1.55. The van der Waals surface area contributed by atoms with Crippen LogP contribution >= 0.6 is 11.3 Å². The summed E-state index contributed by atoms with van der Waals surface area (Å²) < 4.78 is 5.47. The molecular formula is C14H16N4O2S. The standard InChI is InChI=1S/C14H16N4O2S/c19-13(16-8-10-4-3-7-20-10)11-9-21-14(17-11)18-12-5-1-2-6-15-12/h1-2,5-6,9-10H,3-4,7-8H2,(H,16,19)(H,15,17,18). The van der Waals surface area contributed by atoms with Crippen molar-refractivity contribution in [3.63, 3.8) is 0 Å². The second-order valence-electron chi connectivity index (χ2n) is 4.72. The summed E-state index contributed by atoms with van der Waals surface area (Å²) in [6.45, 7) is 1.33. The van der Waals surface area contributed by atoms with Crippen LogP contribution in [0.1, 0.15) is 23.3 Å². The quantitative estimate of drug-likeness (QED) is 0.885. The van der Waals surface area contributed by atoms with E-state index in [1.165, 1.54) is 11.3 Å². The molecule has 1 aliphatic heterocycles. The summed E-state index contributed by atoms with van der Waals surface area (Å²) in [5.74, 6) is 0.536. The summed E-state index contributed by atoms with van der Waals surface area (Å²) >= 11 is 1.38. The molecule has 1 amide bonds. The molecule has 6 nitrogen and oxygen atoms in total. The summed E-state index contributed by atoms with van der Waals surface area (Å²) in [6.07, 6.45) is 3.91. The molecule has 1 aliphatic rings. The monoisotopic (exact) mass is 304 g/mol. The van der Waals surface area contributed by atoms with Gasteiger partial charge in [-0.05, 0) is 25.0 Å². The highest BCUT2D eigenvalue weighted by atomic mass is 32.1. The van der Waals surface area contributed by atoms with Gasteiger partial charge >= 0.3 is 0 Å². The minimum atomic E-state index is -0.171. The molecular weight excluding hydrogens is 288 g/mol. The third kappa shape index (κ3) is 3.77. The second-order valence-corrected chi connectivity index (χ2v) is 5.58. The van der Waals surface area contributed by atoms with E-state index in [1.54, 1.807) is 11.6 Å². The molecule has 2 aromatic rings. The van der Waals surface area contributed by atoms with Crippen LogP contribution in [0.4, 0.5) is 10.9 Å². The zero-order valence-corrected chi connectivity index (χ0v) is 12.2. The fourth-order valence-electron chi connectivity index (χ4n) is 2.08. The molecule has 0 aliphatic carbocycles. The van der Waals surface area contributed by atoms with E-state index in [9.17, 15) is 4.79 Å². The first-order valence-corrected chi connectivity index (χ1v) is 7.72. The number of amides is 1. The zero-order chi connectivity index (χ0) is 14.5. The number of thiazole rings is 1. The minimum absolute atomic E-state index is 0.138. The number of carbonyl (C=O) groups is 1. The number of anilines is 2. The molecule has 0 radical (unpaired) electrons.